The highest BCUT2D eigenvalue weighted by atomic mass is 28.3. The first-order valence-electron chi connectivity index (χ1n) is 4.89. The van der Waals surface area contributed by atoms with Gasteiger partial charge in [-0.3, -0.25) is 0 Å². The molecule has 2 aliphatic carbocycles. The predicted octanol–water partition coefficient (Wildman–Crippen LogP) is 2.14. The molecule has 0 saturated carbocycles. The molecule has 0 bridgehead atoms. The average Bonchev–Trinajstić information content (AvgIpc) is 2.94. The first-order valence-corrected chi connectivity index (χ1v) is 6.11. The van der Waals surface area contributed by atoms with Crippen molar-refractivity contribution in [1.29, 1.82) is 0 Å². The minimum atomic E-state index is -1.36. The summed E-state index contributed by atoms with van der Waals surface area (Å²) in [6.45, 7) is 2.20. The SMILES string of the molecule is CCc1ccc2cc1-2.CO[Si](OC)OC. The van der Waals surface area contributed by atoms with Crippen molar-refractivity contribution in [1.82, 2.24) is 0 Å². The van der Waals surface area contributed by atoms with Crippen molar-refractivity contribution in [3.05, 3.63) is 23.8 Å². The van der Waals surface area contributed by atoms with Gasteiger partial charge in [0.25, 0.3) is 0 Å². The highest BCUT2D eigenvalue weighted by molar-refractivity contribution is 6.36. The Labute approximate surface area is 92.9 Å². The third kappa shape index (κ3) is 3.42. The zero-order chi connectivity index (χ0) is 11.3. The number of fused-ring (bicyclic) bond motifs is 1. The van der Waals surface area contributed by atoms with Crippen LogP contribution in [0.2, 0.25) is 0 Å². The Balaban J connectivity index is 0.000000153. The smallest absolute Gasteiger partial charge is 0.375 e. The molecule has 0 fully saturated rings. The topological polar surface area (TPSA) is 27.7 Å². The van der Waals surface area contributed by atoms with Gasteiger partial charge in [0, 0.05) is 21.3 Å². The van der Waals surface area contributed by atoms with Gasteiger partial charge in [-0.1, -0.05) is 19.1 Å². The number of hydrogen-bond acceptors (Lipinski definition) is 3. The van der Waals surface area contributed by atoms with Gasteiger partial charge in [0.1, 0.15) is 0 Å². The molecule has 2 aliphatic rings. The minimum Gasteiger partial charge on any atom is -0.375 e. The van der Waals surface area contributed by atoms with E-state index in [0.717, 1.165) is 0 Å². The second-order valence-electron chi connectivity index (χ2n) is 3.09. The molecule has 0 aliphatic heterocycles. The molecule has 1 radical (unpaired) electrons. The van der Waals surface area contributed by atoms with Gasteiger partial charge in [0.2, 0.25) is 0 Å². The van der Waals surface area contributed by atoms with Crippen LogP contribution >= 0.6 is 0 Å². The maximum absolute atomic E-state index is 4.71. The number of rotatable bonds is 4. The Kier molecular flexibility index (Phi) is 4.97. The molecule has 0 amide bonds. The highest BCUT2D eigenvalue weighted by Gasteiger charge is 2.14. The summed E-state index contributed by atoms with van der Waals surface area (Å²) in [4.78, 5) is 0. The standard InChI is InChI=1S/C8H8.C3H9O3Si/c1-2-6-3-4-7-5-8(6)7;1-4-7(5-2)6-3/h3-5H,2H2,1H3;1-3H3. The molecule has 0 spiro atoms. The minimum absolute atomic E-state index is 1.19. The largest absolute Gasteiger partial charge is 0.576 e. The van der Waals surface area contributed by atoms with Gasteiger partial charge in [-0.2, -0.15) is 0 Å². The third-order valence-corrected chi connectivity index (χ3v) is 3.22. The van der Waals surface area contributed by atoms with Crippen LogP contribution in [0, 0.1) is 0 Å². The third-order valence-electron chi connectivity index (χ3n) is 2.22. The molecular formula is C11H17O3Si. The van der Waals surface area contributed by atoms with Gasteiger partial charge in [-0.05, 0) is 29.2 Å². The molecule has 0 heterocycles. The van der Waals surface area contributed by atoms with E-state index in [-0.39, 0.29) is 0 Å². The lowest BCUT2D eigenvalue weighted by atomic mass is 10.2. The summed E-state index contributed by atoms with van der Waals surface area (Å²) in [5.74, 6) is 0. The van der Waals surface area contributed by atoms with Gasteiger partial charge < -0.3 is 13.3 Å². The zero-order valence-corrected chi connectivity index (χ0v) is 10.7. The molecular weight excluding hydrogens is 208 g/mol. The molecule has 4 heteroatoms. The molecule has 0 atom stereocenters. The van der Waals surface area contributed by atoms with Crippen LogP contribution in [0.25, 0.3) is 11.1 Å². The van der Waals surface area contributed by atoms with Gasteiger partial charge in [0.05, 0.1) is 0 Å². The van der Waals surface area contributed by atoms with Gasteiger partial charge >= 0.3 is 9.53 Å². The van der Waals surface area contributed by atoms with Crippen LogP contribution in [-0.2, 0) is 19.7 Å². The van der Waals surface area contributed by atoms with E-state index >= 15 is 0 Å². The van der Waals surface area contributed by atoms with Crippen LogP contribution in [0.3, 0.4) is 0 Å². The fourth-order valence-corrected chi connectivity index (χ4v) is 1.87. The fourth-order valence-electron chi connectivity index (χ4n) is 1.37. The van der Waals surface area contributed by atoms with E-state index in [2.05, 4.69) is 25.1 Å². The van der Waals surface area contributed by atoms with Crippen LogP contribution in [0.15, 0.2) is 18.2 Å². The zero-order valence-electron chi connectivity index (χ0n) is 9.66. The Bertz CT molecular complexity index is 305. The lowest BCUT2D eigenvalue weighted by Gasteiger charge is -2.02. The highest BCUT2D eigenvalue weighted by Crippen LogP contribution is 2.38. The molecule has 0 N–H and O–H groups in total. The quantitative estimate of drug-likeness (QED) is 0.746. The number of hydrogen-bond donors (Lipinski definition) is 0. The van der Waals surface area contributed by atoms with Crippen LogP contribution in [-0.4, -0.2) is 30.9 Å². The van der Waals surface area contributed by atoms with E-state index in [9.17, 15) is 0 Å². The number of aryl methyl sites for hydroxylation is 1. The predicted molar refractivity (Wildman–Crippen MR) is 61.6 cm³/mol. The summed E-state index contributed by atoms with van der Waals surface area (Å²) in [7, 11) is 3.31. The van der Waals surface area contributed by atoms with Crippen molar-refractivity contribution in [2.75, 3.05) is 21.3 Å². The summed E-state index contributed by atoms with van der Waals surface area (Å²) >= 11 is 0. The van der Waals surface area contributed by atoms with Crippen LogP contribution in [0.4, 0.5) is 0 Å². The molecule has 3 nitrogen and oxygen atoms in total. The molecule has 0 saturated heterocycles. The van der Waals surface area contributed by atoms with Crippen molar-refractivity contribution in [2.45, 2.75) is 13.3 Å². The monoisotopic (exact) mass is 225 g/mol. The number of benzene rings is 1. The normalized spacial score (nSPS) is 11.0. The maximum atomic E-state index is 4.71. The summed E-state index contributed by atoms with van der Waals surface area (Å²) in [5.41, 5.74) is 4.48. The summed E-state index contributed by atoms with van der Waals surface area (Å²) in [5, 5.41) is 0. The van der Waals surface area contributed by atoms with Crippen molar-refractivity contribution in [3.63, 3.8) is 0 Å². The van der Waals surface area contributed by atoms with E-state index in [4.69, 9.17) is 13.3 Å². The van der Waals surface area contributed by atoms with Crippen LogP contribution in [0.5, 0.6) is 0 Å². The van der Waals surface area contributed by atoms with E-state index in [1.807, 2.05) is 0 Å². The molecule has 15 heavy (non-hydrogen) atoms. The van der Waals surface area contributed by atoms with Crippen LogP contribution in [0.1, 0.15) is 12.5 Å². The van der Waals surface area contributed by atoms with Crippen molar-refractivity contribution >= 4 is 9.53 Å². The molecule has 0 aromatic heterocycles. The summed E-state index contributed by atoms with van der Waals surface area (Å²) in [6.07, 6.45) is 1.19. The van der Waals surface area contributed by atoms with Gasteiger partial charge in [0.15, 0.2) is 0 Å². The first kappa shape index (κ1) is 12.4. The van der Waals surface area contributed by atoms with E-state index in [1.54, 1.807) is 21.3 Å². The Morgan fingerprint density at radius 2 is 1.67 bits per heavy atom. The van der Waals surface area contributed by atoms with Gasteiger partial charge in [-0.15, -0.1) is 0 Å². The molecule has 0 unspecified atom stereocenters. The maximum Gasteiger partial charge on any atom is 0.576 e. The lowest BCUT2D eigenvalue weighted by Crippen LogP contribution is -2.21. The van der Waals surface area contributed by atoms with Crippen LogP contribution < -0.4 is 0 Å². The summed E-state index contributed by atoms with van der Waals surface area (Å²) in [6, 6.07) is 6.64. The van der Waals surface area contributed by atoms with Crippen molar-refractivity contribution in [3.8, 4) is 11.1 Å². The Hall–Kier alpha value is -0.683. The lowest BCUT2D eigenvalue weighted by molar-refractivity contribution is 0.163. The average molecular weight is 225 g/mol. The molecule has 83 valence electrons. The molecule has 0 aromatic rings. The fraction of sp³-hybridized carbons (Fsp3) is 0.455. The summed E-state index contributed by atoms with van der Waals surface area (Å²) < 4.78 is 14.1. The first-order chi connectivity index (χ1) is 7.26. The molecule has 0 aromatic carbocycles. The van der Waals surface area contributed by atoms with E-state index in [0.29, 0.717) is 0 Å². The van der Waals surface area contributed by atoms with E-state index < -0.39 is 9.53 Å². The molecule has 2 rings (SSSR count). The van der Waals surface area contributed by atoms with Crippen molar-refractivity contribution in [2.24, 2.45) is 0 Å². The van der Waals surface area contributed by atoms with Crippen molar-refractivity contribution < 1.29 is 13.3 Å². The second-order valence-corrected chi connectivity index (χ2v) is 4.81. The second kappa shape index (κ2) is 6.02. The Morgan fingerprint density at radius 1 is 1.07 bits per heavy atom. The Morgan fingerprint density at radius 3 is 1.80 bits per heavy atom. The van der Waals surface area contributed by atoms with E-state index in [1.165, 1.54) is 23.1 Å². The van der Waals surface area contributed by atoms with Gasteiger partial charge in [-0.25, -0.2) is 0 Å².